The highest BCUT2D eigenvalue weighted by Gasteiger charge is 2.43. The minimum Gasteiger partial charge on any atom is -0.503 e. The van der Waals surface area contributed by atoms with Gasteiger partial charge in [-0.2, -0.15) is 0 Å². The predicted molar refractivity (Wildman–Crippen MR) is 97.2 cm³/mol. The van der Waals surface area contributed by atoms with Gasteiger partial charge in [0.15, 0.2) is 11.5 Å². The lowest BCUT2D eigenvalue weighted by Crippen LogP contribution is -2.32. The molecular formula is C20H24N2O3. The highest BCUT2D eigenvalue weighted by Crippen LogP contribution is 2.41. The van der Waals surface area contributed by atoms with Crippen molar-refractivity contribution in [3.63, 3.8) is 0 Å². The fourth-order valence-electron chi connectivity index (χ4n) is 3.54. The maximum absolute atomic E-state index is 12.6. The second kappa shape index (κ2) is 7.13. The van der Waals surface area contributed by atoms with Crippen LogP contribution in [0.2, 0.25) is 0 Å². The van der Waals surface area contributed by atoms with Crippen molar-refractivity contribution in [2.45, 2.75) is 45.6 Å². The summed E-state index contributed by atoms with van der Waals surface area (Å²) >= 11 is 0. The Hall–Kier alpha value is -2.56. The number of nitrogens with zero attached hydrogens (tertiary/aromatic N) is 1. The quantitative estimate of drug-likeness (QED) is 0.747. The first kappa shape index (κ1) is 17.3. The largest absolute Gasteiger partial charge is 0.503 e. The van der Waals surface area contributed by atoms with Gasteiger partial charge in [-0.05, 0) is 12.5 Å². The number of H-pyrrole nitrogens is 1. The molecule has 0 fully saturated rings. The molecule has 132 valence electrons. The monoisotopic (exact) mass is 340 g/mol. The van der Waals surface area contributed by atoms with E-state index < -0.39 is 17.7 Å². The van der Waals surface area contributed by atoms with Crippen LogP contribution in [0.25, 0.3) is 10.9 Å². The van der Waals surface area contributed by atoms with Gasteiger partial charge in [-0.15, -0.1) is 0 Å². The van der Waals surface area contributed by atoms with Crippen LogP contribution >= 0.6 is 0 Å². The highest BCUT2D eigenvalue weighted by atomic mass is 16.3. The number of Topliss-reactive ketones (excluding diaryl/α,β-unsaturated/α-hetero) is 1. The molecule has 1 amide bonds. The lowest BCUT2D eigenvalue weighted by Gasteiger charge is -2.26. The Morgan fingerprint density at radius 1 is 1.24 bits per heavy atom. The minimum atomic E-state index is -0.520. The van der Waals surface area contributed by atoms with Crippen molar-refractivity contribution in [1.29, 1.82) is 0 Å². The number of aliphatic hydroxyl groups is 1. The molecule has 0 saturated carbocycles. The van der Waals surface area contributed by atoms with E-state index in [-0.39, 0.29) is 17.8 Å². The Balaban J connectivity index is 2.08. The molecule has 2 N–H and O–H groups in total. The van der Waals surface area contributed by atoms with Crippen LogP contribution in [0.1, 0.15) is 51.1 Å². The van der Waals surface area contributed by atoms with Crippen LogP contribution in [0.3, 0.4) is 0 Å². The number of carbonyl (C=O) groups is 2. The number of carbonyl (C=O) groups excluding carboxylic acids is 2. The maximum atomic E-state index is 12.6. The number of aromatic nitrogens is 1. The van der Waals surface area contributed by atoms with E-state index in [0.717, 1.165) is 35.7 Å². The minimum absolute atomic E-state index is 0.181. The average molecular weight is 340 g/mol. The fourth-order valence-corrected chi connectivity index (χ4v) is 3.54. The van der Waals surface area contributed by atoms with Crippen molar-refractivity contribution >= 4 is 22.6 Å². The number of ketones is 1. The van der Waals surface area contributed by atoms with Gasteiger partial charge in [-0.25, -0.2) is 0 Å². The molecule has 1 aromatic heterocycles. The summed E-state index contributed by atoms with van der Waals surface area (Å²) in [5, 5.41) is 11.4. The Kier molecular flexibility index (Phi) is 4.93. The lowest BCUT2D eigenvalue weighted by atomic mass is 9.94. The van der Waals surface area contributed by atoms with Gasteiger partial charge in [-0.1, -0.05) is 44.9 Å². The molecule has 0 bridgehead atoms. The van der Waals surface area contributed by atoms with Gasteiger partial charge in [-0.3, -0.25) is 9.59 Å². The molecule has 1 aliphatic rings. The van der Waals surface area contributed by atoms with E-state index in [1.54, 1.807) is 11.8 Å². The molecule has 1 atom stereocenters. The predicted octanol–water partition coefficient (Wildman–Crippen LogP) is 4.03. The highest BCUT2D eigenvalue weighted by molar-refractivity contribution is 6.09. The van der Waals surface area contributed by atoms with Crippen LogP contribution in [0.5, 0.6) is 0 Å². The topological polar surface area (TPSA) is 73.4 Å². The number of fused-ring (bicyclic) bond motifs is 1. The average Bonchev–Trinajstić information content (AvgIpc) is 3.15. The van der Waals surface area contributed by atoms with Crippen molar-refractivity contribution in [3.05, 3.63) is 47.4 Å². The molecule has 25 heavy (non-hydrogen) atoms. The Bertz CT molecular complexity index is 834. The summed E-state index contributed by atoms with van der Waals surface area (Å²) in [6.45, 7) is 4.38. The molecule has 0 spiro atoms. The summed E-state index contributed by atoms with van der Waals surface area (Å²) < 4.78 is 0. The molecule has 0 saturated heterocycles. The van der Waals surface area contributed by atoms with E-state index in [9.17, 15) is 14.7 Å². The summed E-state index contributed by atoms with van der Waals surface area (Å²) in [5.41, 5.74) is 2.04. The molecule has 0 aliphatic carbocycles. The van der Waals surface area contributed by atoms with Gasteiger partial charge in [0.1, 0.15) is 0 Å². The van der Waals surface area contributed by atoms with E-state index in [2.05, 4.69) is 11.9 Å². The van der Waals surface area contributed by atoms with Crippen molar-refractivity contribution < 1.29 is 14.7 Å². The Labute approximate surface area is 147 Å². The van der Waals surface area contributed by atoms with Gasteiger partial charge in [0, 0.05) is 35.6 Å². The van der Waals surface area contributed by atoms with E-state index in [1.165, 1.54) is 0 Å². The molecule has 3 rings (SSSR count). The van der Waals surface area contributed by atoms with Gasteiger partial charge in [0.25, 0.3) is 5.91 Å². The third-order valence-corrected chi connectivity index (χ3v) is 4.84. The fraction of sp³-hybridized carbons (Fsp3) is 0.400. The number of para-hydroxylation sites is 1. The van der Waals surface area contributed by atoms with Crippen LogP contribution in [-0.4, -0.2) is 33.2 Å². The zero-order valence-corrected chi connectivity index (χ0v) is 14.7. The molecule has 1 aliphatic heterocycles. The molecule has 0 radical (unpaired) electrons. The van der Waals surface area contributed by atoms with Crippen LogP contribution in [-0.2, 0) is 9.59 Å². The molecule has 5 nitrogen and oxygen atoms in total. The number of benzene rings is 1. The number of hydrogen-bond acceptors (Lipinski definition) is 3. The van der Waals surface area contributed by atoms with Crippen molar-refractivity contribution in [2.75, 3.05) is 6.54 Å². The van der Waals surface area contributed by atoms with E-state index in [1.807, 2.05) is 30.5 Å². The first-order chi connectivity index (χ1) is 12.1. The van der Waals surface area contributed by atoms with Crippen LogP contribution in [0.15, 0.2) is 41.8 Å². The maximum Gasteiger partial charge on any atom is 0.290 e. The number of rotatable bonds is 7. The third-order valence-electron chi connectivity index (χ3n) is 4.84. The number of hydrogen-bond donors (Lipinski definition) is 2. The summed E-state index contributed by atoms with van der Waals surface area (Å²) in [6.07, 6.45) is 5.00. The summed E-state index contributed by atoms with van der Waals surface area (Å²) in [6, 6.07) is 7.28. The molecule has 2 heterocycles. The van der Waals surface area contributed by atoms with Crippen molar-refractivity contribution in [1.82, 2.24) is 9.88 Å². The summed E-state index contributed by atoms with van der Waals surface area (Å²) in [5.74, 6) is -1.01. The van der Waals surface area contributed by atoms with Crippen LogP contribution in [0, 0.1) is 0 Å². The summed E-state index contributed by atoms with van der Waals surface area (Å²) in [4.78, 5) is 30.0. The second-order valence-corrected chi connectivity index (χ2v) is 6.44. The van der Waals surface area contributed by atoms with Crippen LogP contribution in [0.4, 0.5) is 0 Å². The van der Waals surface area contributed by atoms with Gasteiger partial charge >= 0.3 is 0 Å². The molecule has 1 aromatic carbocycles. The Morgan fingerprint density at radius 3 is 2.72 bits per heavy atom. The standard InChI is InChI=1S/C20H24N2O3/c1-3-5-8-11-22-18(17(16(23)4-2)19(24)20(22)25)14-12-21-15-10-7-6-9-13(14)15/h6-7,9-10,12,18,21,24H,3-5,8,11H2,1-2H3. The first-order valence-corrected chi connectivity index (χ1v) is 8.93. The van der Waals surface area contributed by atoms with E-state index >= 15 is 0 Å². The first-order valence-electron chi connectivity index (χ1n) is 8.93. The van der Waals surface area contributed by atoms with E-state index in [0.29, 0.717) is 6.54 Å². The molecule has 1 unspecified atom stereocenters. The van der Waals surface area contributed by atoms with E-state index in [4.69, 9.17) is 0 Å². The number of aromatic amines is 1. The van der Waals surface area contributed by atoms with Gasteiger partial charge < -0.3 is 15.0 Å². The third kappa shape index (κ3) is 2.95. The lowest BCUT2D eigenvalue weighted by molar-refractivity contribution is -0.129. The normalized spacial score (nSPS) is 17.8. The second-order valence-electron chi connectivity index (χ2n) is 6.44. The number of aliphatic hydroxyl groups excluding tert-OH is 1. The van der Waals surface area contributed by atoms with Crippen molar-refractivity contribution in [3.8, 4) is 0 Å². The smallest absolute Gasteiger partial charge is 0.290 e. The number of amides is 1. The molecular weight excluding hydrogens is 316 g/mol. The number of unbranched alkanes of at least 4 members (excludes halogenated alkanes) is 2. The Morgan fingerprint density at radius 2 is 2.00 bits per heavy atom. The van der Waals surface area contributed by atoms with Gasteiger partial charge in [0.2, 0.25) is 0 Å². The van der Waals surface area contributed by atoms with Crippen LogP contribution < -0.4 is 0 Å². The zero-order chi connectivity index (χ0) is 18.0. The van der Waals surface area contributed by atoms with Gasteiger partial charge in [0.05, 0.1) is 11.6 Å². The SMILES string of the molecule is CCCCCN1C(=O)C(O)=C(C(=O)CC)C1c1c[nH]c2ccccc12. The summed E-state index contributed by atoms with van der Waals surface area (Å²) in [7, 11) is 0. The molecule has 5 heteroatoms. The van der Waals surface area contributed by atoms with Crippen molar-refractivity contribution in [2.24, 2.45) is 0 Å². The zero-order valence-electron chi connectivity index (χ0n) is 14.7. The number of nitrogens with one attached hydrogen (secondary N) is 1. The molecule has 2 aromatic rings.